The van der Waals surface area contributed by atoms with Gasteiger partial charge in [0, 0.05) is 0 Å². The Balaban J connectivity index is 4.20. The highest BCUT2D eigenvalue weighted by atomic mass is 32.2. The Labute approximate surface area is 77.9 Å². The first kappa shape index (κ1) is 12.1. The van der Waals surface area contributed by atoms with Crippen LogP contribution in [0.4, 0.5) is 0 Å². The maximum Gasteiger partial charge on any atom is 0.290 e. The molecule has 0 aliphatic rings. The molecule has 0 fully saturated rings. The number of hydroxylamine groups is 1. The minimum absolute atomic E-state index is 0.423. The van der Waals surface area contributed by atoms with Crippen LogP contribution in [0.2, 0.25) is 0 Å². The molecule has 13 heavy (non-hydrogen) atoms. The van der Waals surface area contributed by atoms with Crippen molar-refractivity contribution < 1.29 is 17.5 Å². The highest BCUT2D eigenvalue weighted by molar-refractivity contribution is 7.87. The normalized spacial score (nSPS) is 13.4. The molecule has 1 atom stereocenters. The van der Waals surface area contributed by atoms with E-state index in [4.69, 9.17) is 0 Å². The van der Waals surface area contributed by atoms with Crippen LogP contribution < -0.4 is 5.48 Å². The molecular weight excluding hydrogens is 194 g/mol. The van der Waals surface area contributed by atoms with Gasteiger partial charge < -0.3 is 0 Å². The van der Waals surface area contributed by atoms with Gasteiger partial charge in [0.2, 0.25) is 0 Å². The summed E-state index contributed by atoms with van der Waals surface area (Å²) in [6.07, 6.45) is 1.35. The fraction of sp³-hybridized carbons (Fsp3) is 0.571. The number of rotatable bonds is 5. The summed E-state index contributed by atoms with van der Waals surface area (Å²) in [6.45, 7) is 6.34. The summed E-state index contributed by atoms with van der Waals surface area (Å²) in [5.41, 5.74) is 1.74. The van der Waals surface area contributed by atoms with Crippen LogP contribution in [-0.2, 0) is 19.2 Å². The number of amides is 1. The van der Waals surface area contributed by atoms with Crippen molar-refractivity contribution in [1.82, 2.24) is 5.48 Å². The number of hydrogen-bond acceptors (Lipinski definition) is 4. The first-order valence-electron chi connectivity index (χ1n) is 3.78. The lowest BCUT2D eigenvalue weighted by molar-refractivity contribution is -0.122. The van der Waals surface area contributed by atoms with E-state index in [2.05, 4.69) is 10.9 Å². The van der Waals surface area contributed by atoms with Gasteiger partial charge >= 0.3 is 0 Å². The molecule has 0 aliphatic carbocycles. The highest BCUT2D eigenvalue weighted by Crippen LogP contribution is 2.05. The van der Waals surface area contributed by atoms with Crippen LogP contribution in [0.25, 0.3) is 0 Å². The molecule has 1 N–H and O–H groups in total. The van der Waals surface area contributed by atoms with Gasteiger partial charge in [-0.1, -0.05) is 13.5 Å². The Morgan fingerprint density at radius 3 is 2.62 bits per heavy atom. The summed E-state index contributed by atoms with van der Waals surface area (Å²) in [6, 6.07) is 0. The molecule has 0 heterocycles. The van der Waals surface area contributed by atoms with E-state index in [1.807, 2.05) is 0 Å². The zero-order chi connectivity index (χ0) is 10.5. The molecule has 0 saturated carbocycles. The van der Waals surface area contributed by atoms with Crippen molar-refractivity contribution in [1.29, 1.82) is 0 Å². The minimum atomic E-state index is -3.70. The van der Waals surface area contributed by atoms with Gasteiger partial charge in [0.25, 0.3) is 16.0 Å². The van der Waals surface area contributed by atoms with E-state index in [9.17, 15) is 13.2 Å². The molecule has 0 aromatic rings. The van der Waals surface area contributed by atoms with E-state index in [0.29, 0.717) is 6.42 Å². The van der Waals surface area contributed by atoms with Crippen LogP contribution in [0.3, 0.4) is 0 Å². The van der Waals surface area contributed by atoms with Crippen LogP contribution in [0.1, 0.15) is 20.3 Å². The Hall–Kier alpha value is -0.880. The number of carbonyl (C=O) groups excluding carboxylic acids is 1. The molecule has 6 heteroatoms. The fourth-order valence-electron chi connectivity index (χ4n) is 0.427. The molecule has 5 nitrogen and oxygen atoms in total. The quantitative estimate of drug-likeness (QED) is 0.521. The van der Waals surface area contributed by atoms with E-state index in [1.165, 1.54) is 6.92 Å². The third-order valence-corrected chi connectivity index (χ3v) is 3.15. The summed E-state index contributed by atoms with van der Waals surface area (Å²) >= 11 is 0. The second kappa shape index (κ2) is 4.98. The molecule has 0 radical (unpaired) electrons. The fourth-order valence-corrected chi connectivity index (χ4v) is 1.20. The molecule has 0 saturated heterocycles. The van der Waals surface area contributed by atoms with Gasteiger partial charge in [-0.25, -0.2) is 5.48 Å². The van der Waals surface area contributed by atoms with Crippen LogP contribution in [0, 0.1) is 0 Å². The van der Waals surface area contributed by atoms with E-state index < -0.39 is 21.3 Å². The molecule has 0 rings (SSSR count). The van der Waals surface area contributed by atoms with Crippen LogP contribution in [-0.4, -0.2) is 19.6 Å². The van der Waals surface area contributed by atoms with E-state index in [1.54, 1.807) is 12.4 Å². The van der Waals surface area contributed by atoms with Gasteiger partial charge in [-0.3, -0.25) is 4.79 Å². The molecule has 0 aromatic carbocycles. The van der Waals surface area contributed by atoms with Gasteiger partial charge in [-0.2, -0.15) is 8.42 Å². The van der Waals surface area contributed by atoms with E-state index in [-0.39, 0.29) is 0 Å². The zero-order valence-corrected chi connectivity index (χ0v) is 8.43. The molecule has 0 aromatic heterocycles. The molecule has 76 valence electrons. The Morgan fingerprint density at radius 1 is 1.69 bits per heavy atom. The summed E-state index contributed by atoms with van der Waals surface area (Å²) in [5.74, 6) is -0.688. The Kier molecular flexibility index (Phi) is 4.64. The average molecular weight is 207 g/mol. The summed E-state index contributed by atoms with van der Waals surface area (Å²) < 4.78 is 26.5. The number of carbonyl (C=O) groups is 1. The molecular formula is C7H13NO4S. The van der Waals surface area contributed by atoms with E-state index >= 15 is 0 Å². The van der Waals surface area contributed by atoms with Crippen molar-refractivity contribution in [3.05, 3.63) is 12.7 Å². The highest BCUT2D eigenvalue weighted by Gasteiger charge is 2.20. The first-order valence-corrected chi connectivity index (χ1v) is 5.25. The van der Waals surface area contributed by atoms with Gasteiger partial charge in [0.1, 0.15) is 0 Å². The standard InChI is InChI=1S/C7H13NO4S/c1-4-6(3)13(10,11)12-8-7(9)5-2/h5-6H,2,4H2,1,3H3,(H,8,9). The molecule has 0 aliphatic heterocycles. The van der Waals surface area contributed by atoms with Crippen molar-refractivity contribution in [2.45, 2.75) is 25.5 Å². The van der Waals surface area contributed by atoms with Gasteiger partial charge in [0.05, 0.1) is 5.25 Å². The first-order chi connectivity index (χ1) is 5.94. The summed E-state index contributed by atoms with van der Waals surface area (Å²) in [4.78, 5) is 10.6. The lowest BCUT2D eigenvalue weighted by atomic mass is 10.4. The molecule has 1 amide bonds. The SMILES string of the molecule is C=CC(=O)NOS(=O)(=O)C(C)CC. The van der Waals surface area contributed by atoms with Crippen molar-refractivity contribution in [2.75, 3.05) is 0 Å². The minimum Gasteiger partial charge on any atom is -0.268 e. The predicted octanol–water partition coefficient (Wildman–Crippen LogP) is 0.349. The smallest absolute Gasteiger partial charge is 0.268 e. The van der Waals surface area contributed by atoms with Crippen molar-refractivity contribution >= 4 is 16.0 Å². The third-order valence-electron chi connectivity index (χ3n) is 1.51. The number of nitrogens with one attached hydrogen (secondary N) is 1. The van der Waals surface area contributed by atoms with E-state index in [0.717, 1.165) is 6.08 Å². The maximum atomic E-state index is 11.1. The maximum absolute atomic E-state index is 11.1. The third kappa shape index (κ3) is 4.05. The van der Waals surface area contributed by atoms with Crippen molar-refractivity contribution in [3.63, 3.8) is 0 Å². The van der Waals surface area contributed by atoms with Gasteiger partial charge in [-0.15, -0.1) is 4.28 Å². The van der Waals surface area contributed by atoms with Crippen molar-refractivity contribution in [2.24, 2.45) is 0 Å². The molecule has 0 spiro atoms. The Bertz CT molecular complexity index is 283. The largest absolute Gasteiger partial charge is 0.290 e. The van der Waals surface area contributed by atoms with Gasteiger partial charge in [0.15, 0.2) is 0 Å². The van der Waals surface area contributed by atoms with Crippen LogP contribution >= 0.6 is 0 Å². The summed E-state index contributed by atoms with van der Waals surface area (Å²) in [7, 11) is -3.70. The summed E-state index contributed by atoms with van der Waals surface area (Å²) in [5, 5.41) is -0.641. The Morgan fingerprint density at radius 2 is 2.23 bits per heavy atom. The lowest BCUT2D eigenvalue weighted by Gasteiger charge is -2.09. The predicted molar refractivity (Wildman–Crippen MR) is 48.1 cm³/mol. The monoisotopic (exact) mass is 207 g/mol. The van der Waals surface area contributed by atoms with Crippen LogP contribution in [0.15, 0.2) is 12.7 Å². The zero-order valence-electron chi connectivity index (χ0n) is 7.61. The second-order valence-corrected chi connectivity index (χ2v) is 4.42. The van der Waals surface area contributed by atoms with Crippen LogP contribution in [0.5, 0.6) is 0 Å². The second-order valence-electron chi connectivity index (χ2n) is 2.47. The average Bonchev–Trinajstić information content (AvgIpc) is 2.12. The lowest BCUT2D eigenvalue weighted by Crippen LogP contribution is -2.30. The molecule has 1 unspecified atom stereocenters. The molecule has 0 bridgehead atoms. The van der Waals surface area contributed by atoms with Crippen molar-refractivity contribution in [3.8, 4) is 0 Å². The number of hydrogen-bond donors (Lipinski definition) is 1. The van der Waals surface area contributed by atoms with Gasteiger partial charge in [-0.05, 0) is 19.4 Å². The topological polar surface area (TPSA) is 72.5 Å².